The highest BCUT2D eigenvalue weighted by atomic mass is 32.2. The minimum Gasteiger partial charge on any atom is -0.444 e. The number of alkyl carbamates (subject to hydrolysis) is 5. The molecule has 0 aromatic heterocycles. The maximum atomic E-state index is 13.9. The van der Waals surface area contributed by atoms with Crippen LogP contribution in [0.4, 0.5) is 76.7 Å². The van der Waals surface area contributed by atoms with Crippen LogP contribution in [0, 0.1) is 0 Å². The van der Waals surface area contributed by atoms with E-state index in [1.54, 1.807) is 104 Å². The Balaban J connectivity index is -0.0000000515. The normalized spacial score (nSPS) is 29.5. The number of hydrogen-bond donors (Lipinski definition) is 8. The van der Waals surface area contributed by atoms with Crippen molar-refractivity contribution in [3.63, 3.8) is 0 Å². The number of carbonyl (C=O) groups is 5. The Kier molecular flexibility index (Phi) is 24.1. The number of nitrogens with zero attached hydrogens (tertiary/aromatic N) is 9. The lowest BCUT2D eigenvalue weighted by Crippen LogP contribution is -2.59. The molecule has 6 rings (SSSR count). The molecular formula is C62H157F12N17O13S. The fraction of sp³-hybridized carbons (Fsp3) is 0.919. The van der Waals surface area contributed by atoms with Crippen LogP contribution in [0.15, 0.2) is 15.3 Å². The van der Waals surface area contributed by atoms with E-state index in [-0.39, 0.29) is 68.5 Å². The van der Waals surface area contributed by atoms with Crippen molar-refractivity contribution in [3.8, 4) is 0 Å². The van der Waals surface area contributed by atoms with Gasteiger partial charge in [0.2, 0.25) is 0 Å². The van der Waals surface area contributed by atoms with Crippen molar-refractivity contribution in [3.05, 3.63) is 31.3 Å². The molecule has 6 aliphatic rings. The first-order chi connectivity index (χ1) is 69.4. The Morgan fingerprint density at radius 1 is 0.410 bits per heavy atom. The van der Waals surface area contributed by atoms with Crippen molar-refractivity contribution in [1.29, 1.82) is 0 Å². The molecule has 0 bridgehead atoms. The van der Waals surface area contributed by atoms with Gasteiger partial charge in [-0.3, -0.25) is 4.18 Å². The van der Waals surface area contributed by atoms with Crippen LogP contribution in [0.3, 0.4) is 0 Å². The third-order valence-electron chi connectivity index (χ3n) is 15.6. The Morgan fingerprint density at radius 3 is 1.02 bits per heavy atom. The zero-order valence-corrected chi connectivity index (χ0v) is 63.0. The van der Waals surface area contributed by atoms with Crippen molar-refractivity contribution in [2.24, 2.45) is 32.5 Å². The van der Waals surface area contributed by atoms with Gasteiger partial charge >= 0.3 is 30.5 Å². The van der Waals surface area contributed by atoms with E-state index in [9.17, 15) is 85.1 Å². The van der Waals surface area contributed by atoms with Crippen molar-refractivity contribution >= 4 is 40.6 Å². The van der Waals surface area contributed by atoms with Crippen molar-refractivity contribution in [2.45, 2.75) is 356 Å². The molecule has 658 valence electrons. The lowest BCUT2D eigenvalue weighted by atomic mass is 9.87. The summed E-state index contributed by atoms with van der Waals surface area (Å²) in [6.07, 6.45) is -3.16. The zero-order chi connectivity index (χ0) is 126. The molecule has 0 spiro atoms. The Hall–Kier alpha value is -6.77. The summed E-state index contributed by atoms with van der Waals surface area (Å²) in [7, 11) is -4.07. The number of alkyl halides is 12. The summed E-state index contributed by atoms with van der Waals surface area (Å²) in [6.45, 7) is 25.0. The number of carbonyl (C=O) groups excluding carboxylic acids is 5. The topological polar surface area (TPSA) is 459 Å². The average molecular weight is 1660 g/mol. The van der Waals surface area contributed by atoms with E-state index in [1.165, 1.54) is 0 Å². The molecule has 43 heteroatoms. The predicted octanol–water partition coefficient (Wildman–Crippen LogP) is 20.8. The van der Waals surface area contributed by atoms with Gasteiger partial charge in [-0.1, -0.05) is 15.3 Å². The van der Waals surface area contributed by atoms with E-state index < -0.39 is 183 Å². The molecule has 0 saturated heterocycles. The van der Waals surface area contributed by atoms with Gasteiger partial charge in [0.25, 0.3) is 45.7 Å². The summed E-state index contributed by atoms with van der Waals surface area (Å²) in [4.78, 5) is 65.3. The number of amides is 5. The molecule has 0 radical (unpaired) electrons. The standard InChI is InChI=1S/C12H21F2NO5S.3C11H18F2N4O2.C11H20F2N2O2.C6H12F2N2.25H2/c1-11(2,3)19-10(16)15-8-6-5-7-12(13,14)9(8)20-21(4,17)18;1-10(2,3)19-9(18)15-8-7(16-17-14)5-4-6-11(8,12)13;2*1-10(2,3)19-9(18)15-7-5-4-6-11(12,13)8(7)16-17-14;1-10(2,3)17-9(16)15-7-5-4-6-11(12,13)8(7)14;7-6(8)3-1-2-4(9)5(6)10;;;;;;;;;;;;;;;;;;;;;;;;;/h8-9H,5-7H2,1-4H3,(H,15,16);3*7-8H,4-6H2,1-3H3,(H,15,18);7-8H,4-6,14H2,1-3H3,(H,15,16);4-5H,1-3,9-10H2;25*1H/t8-,9+;7-,8+;3*7-,8-;4-,5-;;;;;;;;;;;;;;;;;;;;;;;;;/m101111........................./s1/i;;;;;;22*1+1D;3*1+1. The van der Waals surface area contributed by atoms with Crippen LogP contribution in [0.25, 0.3) is 31.3 Å². The molecule has 30 nitrogen and oxygen atoms in total. The molecule has 105 heavy (non-hydrogen) atoms. The van der Waals surface area contributed by atoms with Crippen LogP contribution < -0.4 is 43.8 Å². The van der Waals surface area contributed by atoms with Gasteiger partial charge in [0.15, 0.2) is 6.10 Å². The maximum Gasteiger partial charge on any atom is 0.408 e. The number of halogens is 12. The predicted molar refractivity (Wildman–Crippen MR) is 414 cm³/mol. The van der Waals surface area contributed by atoms with Crippen molar-refractivity contribution in [2.75, 3.05) is 6.26 Å². The second-order valence-corrected chi connectivity index (χ2v) is 32.7. The number of hydrogen-bond acceptors (Lipinski definition) is 19. The maximum absolute atomic E-state index is 13.9. The second-order valence-electron chi connectivity index (χ2n) is 31.1. The molecule has 0 aliphatic heterocycles. The molecule has 6 aliphatic carbocycles. The quantitative estimate of drug-likeness (QED) is 0.0251. The fourth-order valence-corrected chi connectivity index (χ4v) is 11.7. The number of nitrogens with two attached hydrogens (primary N) is 3. The van der Waals surface area contributed by atoms with Gasteiger partial charge in [-0.15, -0.1) is 0 Å². The highest BCUT2D eigenvalue weighted by molar-refractivity contribution is 7.86. The molecule has 5 amide bonds. The zero-order valence-electron chi connectivity index (χ0n) is 106. The van der Waals surface area contributed by atoms with Crippen molar-refractivity contribution < 1.29 is 183 Å². The van der Waals surface area contributed by atoms with Gasteiger partial charge < -0.3 is 67.5 Å². The molecule has 11 N–H and O–H groups in total. The molecule has 0 unspecified atom stereocenters. The molecule has 6 saturated carbocycles. The third-order valence-corrected chi connectivity index (χ3v) is 16.1. The molecule has 12 atom stereocenters. The first kappa shape index (κ1) is 64.2. The van der Waals surface area contributed by atoms with Gasteiger partial charge in [-0.25, -0.2) is 76.7 Å². The third kappa shape index (κ3) is 37.1. The van der Waals surface area contributed by atoms with E-state index in [0.717, 1.165) is 0 Å². The minimum atomic E-state index is -4.07. The minimum absolute atomic E-state index is 0. The first-order valence-corrected chi connectivity index (χ1v) is 35.8. The van der Waals surface area contributed by atoms with Gasteiger partial charge in [0.05, 0.1) is 36.5 Å². The molecule has 0 heterocycles. The van der Waals surface area contributed by atoms with E-state index >= 15 is 0 Å². The lowest BCUT2D eigenvalue weighted by Gasteiger charge is -2.37. The number of ether oxygens (including phenoxy) is 5. The highest BCUT2D eigenvalue weighted by Gasteiger charge is 2.53. The number of azide groups is 3. The van der Waals surface area contributed by atoms with Crippen LogP contribution in [-0.4, -0.2) is 181 Å². The van der Waals surface area contributed by atoms with Gasteiger partial charge in [-0.2, -0.15) is 8.42 Å². The highest BCUT2D eigenvalue weighted by Crippen LogP contribution is 2.41. The van der Waals surface area contributed by atoms with Crippen molar-refractivity contribution in [1.82, 2.24) is 26.6 Å². The second kappa shape index (κ2) is 39.4. The summed E-state index contributed by atoms with van der Waals surface area (Å²) < 4.78 is 433. The summed E-state index contributed by atoms with van der Waals surface area (Å²) >= 11 is 0. The molecule has 0 aromatic carbocycles. The SMILES string of the molecule is CC(C)(C)OC(=O)N[C@@H]1CCCC(F)(F)[C@@H]1N.CC(C)(C)OC(=O)N[C@@H]1CCCC(F)(F)[C@@H]1N=[N+]=[N-].CC(C)(C)OC(=O)N[C@@H]1CCCC(F)(F)[C@@H]1N=[N+]=[N-].CC(C)(C)OC(=O)N[C@@H]1CCCC(F)(F)[C@H]1OS(C)(=O)=O.CC(C)(C)OC(=O)N[C@@H]1[C@@H](N=[N+]=[N-])CCCC1(F)F.N[C@@H]1CCCC(F)(F)[C@@H]1N.[2HH].[2HH].[2HH].[2H][2H].[2H][2H].[2H][2H].[2H][2H].[2H][2H].[2H][2H].[2H][2H].[2H][2H].[2H][2H].[2H][2H].[2H][2H].[2H][2H].[2H][2H].[2H][2H].[2H][2H].[2H][2H].[2H][2H].[2H][2H].[2H][2H].[2H][2H].[2H][2H].[2H][2H]. The average Bonchev–Trinajstić information content (AvgIpc) is 0.800. The van der Waals surface area contributed by atoms with Crippen LogP contribution in [0.5, 0.6) is 0 Å². The van der Waals surface area contributed by atoms with E-state index in [2.05, 4.69) is 60.8 Å². The molecule has 6 fully saturated rings. The molecule has 0 aromatic rings. The van der Waals surface area contributed by atoms with Crippen LogP contribution >= 0.6 is 0 Å². The smallest absolute Gasteiger partial charge is 0.408 e. The lowest BCUT2D eigenvalue weighted by molar-refractivity contribution is -0.129. The fourth-order valence-electron chi connectivity index (χ4n) is 11.1. The van der Waals surface area contributed by atoms with E-state index in [4.69, 9.17) is 123 Å². The largest absolute Gasteiger partial charge is 0.444 e. The Labute approximate surface area is 676 Å². The number of rotatable bonds is 10. The Morgan fingerprint density at radius 2 is 0.686 bits per heavy atom. The summed E-state index contributed by atoms with van der Waals surface area (Å²) in [5, 5.41) is 21.1. The van der Waals surface area contributed by atoms with Crippen LogP contribution in [-0.2, 0) is 38.0 Å². The van der Waals surface area contributed by atoms with Gasteiger partial charge in [0.1, 0.15) is 46.1 Å². The number of nitrogens with one attached hydrogen (secondary N) is 5. The van der Waals surface area contributed by atoms with E-state index in [1.807, 2.05) is 0 Å². The molecular weight excluding hydrogens is 1450 g/mol. The summed E-state index contributed by atoms with van der Waals surface area (Å²) in [5.74, 6) is -18.3. The first-order valence-electron chi connectivity index (χ1n) is 55.9. The Bertz CT molecular complexity index is 3150. The van der Waals surface area contributed by atoms with Crippen LogP contribution in [0.2, 0.25) is 0 Å². The summed E-state index contributed by atoms with van der Waals surface area (Å²) in [6, 6.07) is -12.3. The van der Waals surface area contributed by atoms with Crippen LogP contribution in [0.1, 0.15) is 289 Å². The van der Waals surface area contributed by atoms with Gasteiger partial charge in [0, 0.05) is 141 Å². The monoisotopic (exact) mass is 1660 g/mol. The van der Waals surface area contributed by atoms with E-state index in [0.29, 0.717) is 51.2 Å². The summed E-state index contributed by atoms with van der Waals surface area (Å²) in [5.41, 5.74) is 37.5. The van der Waals surface area contributed by atoms with Gasteiger partial charge in [-0.05, 0) is 197 Å².